The van der Waals surface area contributed by atoms with Crippen LogP contribution in [0.15, 0.2) is 117 Å². The van der Waals surface area contributed by atoms with Gasteiger partial charge in [-0.25, -0.2) is 16.8 Å². The summed E-state index contributed by atoms with van der Waals surface area (Å²) in [5.41, 5.74) is 0.736. The smallest absolute Gasteiger partial charge is 0.744 e. The van der Waals surface area contributed by atoms with Crippen molar-refractivity contribution in [3.63, 3.8) is 0 Å². The number of phenols is 1. The molecular formula is C28H18ClN3Na2O8S2. The molecule has 5 aromatic carbocycles. The minimum atomic E-state index is -5.10. The first-order chi connectivity index (χ1) is 19.9. The number of azo groups is 1. The molecule has 0 aliphatic rings. The molecule has 0 atom stereocenters. The minimum absolute atomic E-state index is 0. The molecule has 0 heterocycles. The second-order valence-electron chi connectivity index (χ2n) is 8.79. The average molecular weight is 670 g/mol. The van der Waals surface area contributed by atoms with Gasteiger partial charge in [0.1, 0.15) is 37.4 Å². The zero-order chi connectivity index (χ0) is 30.1. The number of rotatable bonds is 8. The van der Waals surface area contributed by atoms with Crippen molar-refractivity contribution < 1.29 is 94.9 Å². The SMILES string of the molecule is O=S(=O)([O-])c1ccc(Oc2ccc(Cl)cc2N=Nc2c(S(=O)(=O)[O-])cc3ccc(Nc4ccccc4)cc3c2O)cc1.[Na+].[Na+]. The Morgan fingerprint density at radius 1 is 0.750 bits per heavy atom. The number of benzene rings is 5. The van der Waals surface area contributed by atoms with Crippen LogP contribution in [0.4, 0.5) is 22.7 Å². The topological polar surface area (TPSA) is 181 Å². The number of aromatic hydroxyl groups is 1. The van der Waals surface area contributed by atoms with Crippen molar-refractivity contribution in [2.45, 2.75) is 9.79 Å². The van der Waals surface area contributed by atoms with E-state index in [0.29, 0.717) is 5.69 Å². The van der Waals surface area contributed by atoms with Crippen LogP contribution in [0, 0.1) is 0 Å². The quantitative estimate of drug-likeness (QED) is 0.138. The van der Waals surface area contributed by atoms with E-state index in [9.17, 15) is 31.0 Å². The number of hydrogen-bond acceptors (Lipinski definition) is 11. The Kier molecular flexibility index (Phi) is 12.0. The Labute approximate surface area is 302 Å². The van der Waals surface area contributed by atoms with Gasteiger partial charge in [0.05, 0.1) is 9.79 Å². The largest absolute Gasteiger partial charge is 1.00 e. The van der Waals surface area contributed by atoms with Crippen LogP contribution < -0.4 is 69.2 Å². The van der Waals surface area contributed by atoms with Crippen LogP contribution in [-0.4, -0.2) is 31.0 Å². The molecule has 0 aliphatic heterocycles. The maximum atomic E-state index is 12.1. The maximum Gasteiger partial charge on any atom is 1.00 e. The summed E-state index contributed by atoms with van der Waals surface area (Å²) in [6.45, 7) is 0. The third-order valence-corrected chi connectivity index (χ3v) is 7.84. The zero-order valence-corrected chi connectivity index (χ0v) is 29.5. The summed E-state index contributed by atoms with van der Waals surface area (Å²) in [5, 5.41) is 22.9. The van der Waals surface area contributed by atoms with Gasteiger partial charge in [-0.2, -0.15) is 0 Å². The molecule has 0 fully saturated rings. The fourth-order valence-electron chi connectivity index (χ4n) is 3.95. The van der Waals surface area contributed by atoms with Crippen LogP contribution in [0.25, 0.3) is 10.8 Å². The molecule has 0 amide bonds. The van der Waals surface area contributed by atoms with E-state index < -0.39 is 41.5 Å². The molecule has 0 aromatic heterocycles. The van der Waals surface area contributed by atoms with E-state index in [1.165, 1.54) is 30.3 Å². The van der Waals surface area contributed by atoms with E-state index >= 15 is 0 Å². The summed E-state index contributed by atoms with van der Waals surface area (Å²) < 4.78 is 75.7. The molecule has 0 aliphatic carbocycles. The molecule has 2 N–H and O–H groups in total. The molecule has 11 nitrogen and oxygen atoms in total. The summed E-state index contributed by atoms with van der Waals surface area (Å²) >= 11 is 6.11. The summed E-state index contributed by atoms with van der Waals surface area (Å²) in [5.74, 6) is -0.403. The van der Waals surface area contributed by atoms with Crippen LogP contribution in [-0.2, 0) is 20.2 Å². The van der Waals surface area contributed by atoms with Crippen molar-refractivity contribution >= 4 is 65.4 Å². The molecule has 0 saturated heterocycles. The summed E-state index contributed by atoms with van der Waals surface area (Å²) in [6.07, 6.45) is 0. The molecular weight excluding hydrogens is 652 g/mol. The molecule has 0 radical (unpaired) electrons. The van der Waals surface area contributed by atoms with Gasteiger partial charge in [-0.1, -0.05) is 35.9 Å². The number of halogens is 1. The molecule has 0 unspecified atom stereocenters. The molecule has 5 aromatic rings. The Hall–Kier alpha value is -2.53. The van der Waals surface area contributed by atoms with Gasteiger partial charge in [0, 0.05) is 21.8 Å². The molecule has 0 bridgehead atoms. The molecule has 5 rings (SSSR count). The average Bonchev–Trinajstić information content (AvgIpc) is 2.94. The normalized spacial score (nSPS) is 11.5. The van der Waals surface area contributed by atoms with Gasteiger partial charge in [0.15, 0.2) is 11.5 Å². The van der Waals surface area contributed by atoms with E-state index in [1.54, 1.807) is 18.2 Å². The van der Waals surface area contributed by atoms with Crippen LogP contribution in [0.5, 0.6) is 17.2 Å². The molecule has 0 spiro atoms. The molecule has 0 saturated carbocycles. The maximum absolute atomic E-state index is 12.1. The Morgan fingerprint density at radius 3 is 2.07 bits per heavy atom. The predicted octanol–water partition coefficient (Wildman–Crippen LogP) is 0.966. The first-order valence-electron chi connectivity index (χ1n) is 11.9. The van der Waals surface area contributed by atoms with Crippen LogP contribution in [0.2, 0.25) is 5.02 Å². The van der Waals surface area contributed by atoms with Crippen molar-refractivity contribution in [2.24, 2.45) is 10.2 Å². The summed E-state index contributed by atoms with van der Waals surface area (Å²) in [6, 6.07) is 23.9. The molecule has 44 heavy (non-hydrogen) atoms. The fourth-order valence-corrected chi connectivity index (χ4v) is 5.24. The van der Waals surface area contributed by atoms with Crippen LogP contribution in [0.3, 0.4) is 0 Å². The Bertz CT molecular complexity index is 2070. The zero-order valence-electron chi connectivity index (χ0n) is 23.1. The van der Waals surface area contributed by atoms with E-state index in [2.05, 4.69) is 15.5 Å². The second kappa shape index (κ2) is 14.7. The molecule has 16 heteroatoms. The van der Waals surface area contributed by atoms with Gasteiger partial charge in [-0.15, -0.1) is 10.2 Å². The predicted molar refractivity (Wildman–Crippen MR) is 153 cm³/mol. The van der Waals surface area contributed by atoms with Gasteiger partial charge >= 0.3 is 59.1 Å². The number of fused-ring (bicyclic) bond motifs is 1. The van der Waals surface area contributed by atoms with Crippen molar-refractivity contribution in [3.05, 3.63) is 102 Å². The number of hydrogen-bond donors (Lipinski definition) is 2. The number of nitrogens with one attached hydrogen (secondary N) is 1. The van der Waals surface area contributed by atoms with Gasteiger partial charge < -0.3 is 24.3 Å². The van der Waals surface area contributed by atoms with Gasteiger partial charge in [0.2, 0.25) is 0 Å². The number of para-hydroxylation sites is 1. The van der Waals surface area contributed by atoms with E-state index in [0.717, 1.165) is 23.9 Å². The van der Waals surface area contributed by atoms with Gasteiger partial charge in [0.25, 0.3) is 0 Å². The standard InChI is InChI=1S/C28H20ClN3O8S2.2Na/c29-18-7-13-25(40-21-9-11-22(12-10-21)41(34,35)36)24(15-18)31-32-27-26(42(37,38)39)14-17-6-8-20(16-23(17)28(27)33)30-19-4-2-1-3-5-19;;/h1-16,30,33H,(H,34,35,36)(H,37,38,39);;/q;2*+1/p-2. The van der Waals surface area contributed by atoms with Crippen molar-refractivity contribution in [3.8, 4) is 17.2 Å². The van der Waals surface area contributed by atoms with E-state index in [1.807, 2.05) is 30.3 Å². The number of nitrogens with zero attached hydrogens (tertiary/aromatic N) is 2. The molecule has 214 valence electrons. The van der Waals surface area contributed by atoms with Crippen LogP contribution in [0.1, 0.15) is 0 Å². The third-order valence-electron chi connectivity index (χ3n) is 5.90. The second-order valence-corrected chi connectivity index (χ2v) is 12.0. The number of ether oxygens (including phenoxy) is 1. The Balaban J connectivity index is 0.00000264. The monoisotopic (exact) mass is 669 g/mol. The summed E-state index contributed by atoms with van der Waals surface area (Å²) in [4.78, 5) is -1.25. The Morgan fingerprint density at radius 2 is 1.43 bits per heavy atom. The first-order valence-corrected chi connectivity index (χ1v) is 15.1. The van der Waals surface area contributed by atoms with Gasteiger partial charge in [-0.3, -0.25) is 0 Å². The summed E-state index contributed by atoms with van der Waals surface area (Å²) in [7, 11) is -9.76. The fraction of sp³-hybridized carbons (Fsp3) is 0. The van der Waals surface area contributed by atoms with Crippen molar-refractivity contribution in [2.75, 3.05) is 5.32 Å². The van der Waals surface area contributed by atoms with Gasteiger partial charge in [-0.05, 0) is 78.2 Å². The van der Waals surface area contributed by atoms with E-state index in [-0.39, 0.29) is 92.1 Å². The number of phenolic OH excluding ortho intramolecular Hbond substituents is 1. The number of anilines is 2. The van der Waals surface area contributed by atoms with Crippen molar-refractivity contribution in [1.29, 1.82) is 0 Å². The van der Waals surface area contributed by atoms with Crippen LogP contribution >= 0.6 is 11.6 Å². The third kappa shape index (κ3) is 8.59. The first kappa shape index (κ1) is 35.9. The minimum Gasteiger partial charge on any atom is -0.744 e. The van der Waals surface area contributed by atoms with Crippen molar-refractivity contribution in [1.82, 2.24) is 0 Å². The van der Waals surface area contributed by atoms with E-state index in [4.69, 9.17) is 16.3 Å².